The Kier molecular flexibility index (Phi) is 12.0. The zero-order chi connectivity index (χ0) is 18.2. The number of benzene rings is 1. The molecule has 0 amide bonds. The van der Waals surface area contributed by atoms with E-state index < -0.39 is 0 Å². The fourth-order valence-electron chi connectivity index (χ4n) is 2.34. The third kappa shape index (κ3) is 10.4. The SMILES string of the molecule is CCCCCCCOc1ccc(C(=O)OCCCCCOC=O)cc1. The monoisotopic (exact) mass is 350 g/mol. The van der Waals surface area contributed by atoms with Gasteiger partial charge in [0.05, 0.1) is 25.4 Å². The average molecular weight is 350 g/mol. The first-order valence-electron chi connectivity index (χ1n) is 9.23. The molecule has 5 heteroatoms. The van der Waals surface area contributed by atoms with E-state index in [1.165, 1.54) is 25.7 Å². The number of unbranched alkanes of at least 4 members (excludes halogenated alkanes) is 6. The van der Waals surface area contributed by atoms with Crippen LogP contribution in [-0.4, -0.2) is 32.3 Å². The zero-order valence-electron chi connectivity index (χ0n) is 15.2. The van der Waals surface area contributed by atoms with Gasteiger partial charge in [-0.25, -0.2) is 4.79 Å². The maximum absolute atomic E-state index is 11.9. The van der Waals surface area contributed by atoms with Crippen LogP contribution in [0.3, 0.4) is 0 Å². The van der Waals surface area contributed by atoms with Crippen molar-refractivity contribution in [2.24, 2.45) is 0 Å². The van der Waals surface area contributed by atoms with Crippen molar-refractivity contribution >= 4 is 12.4 Å². The summed E-state index contributed by atoms with van der Waals surface area (Å²) in [6.45, 7) is 4.14. The van der Waals surface area contributed by atoms with Crippen molar-refractivity contribution in [2.75, 3.05) is 19.8 Å². The predicted molar refractivity (Wildman–Crippen MR) is 96.8 cm³/mol. The lowest BCUT2D eigenvalue weighted by Gasteiger charge is -2.08. The van der Waals surface area contributed by atoms with E-state index in [0.29, 0.717) is 31.9 Å². The van der Waals surface area contributed by atoms with Gasteiger partial charge in [-0.3, -0.25) is 4.79 Å². The summed E-state index contributed by atoms with van der Waals surface area (Å²) in [5.41, 5.74) is 0.527. The van der Waals surface area contributed by atoms with E-state index in [-0.39, 0.29) is 5.97 Å². The van der Waals surface area contributed by atoms with Gasteiger partial charge in [0.25, 0.3) is 6.47 Å². The second-order valence-corrected chi connectivity index (χ2v) is 5.95. The van der Waals surface area contributed by atoms with Gasteiger partial charge in [-0.2, -0.15) is 0 Å². The highest BCUT2D eigenvalue weighted by Crippen LogP contribution is 2.14. The molecule has 0 atom stereocenters. The van der Waals surface area contributed by atoms with Gasteiger partial charge in [0.15, 0.2) is 0 Å². The summed E-state index contributed by atoms with van der Waals surface area (Å²) in [6, 6.07) is 7.07. The van der Waals surface area contributed by atoms with Crippen molar-refractivity contribution in [3.05, 3.63) is 29.8 Å². The zero-order valence-corrected chi connectivity index (χ0v) is 15.2. The third-order valence-electron chi connectivity index (χ3n) is 3.81. The Morgan fingerprint density at radius 3 is 2.24 bits per heavy atom. The molecule has 0 heterocycles. The molecule has 25 heavy (non-hydrogen) atoms. The fraction of sp³-hybridized carbons (Fsp3) is 0.600. The Bertz CT molecular complexity index is 469. The fourth-order valence-corrected chi connectivity index (χ4v) is 2.34. The van der Waals surface area contributed by atoms with E-state index in [0.717, 1.165) is 31.4 Å². The quantitative estimate of drug-likeness (QED) is 0.264. The highest BCUT2D eigenvalue weighted by Gasteiger charge is 2.07. The molecule has 0 radical (unpaired) electrons. The lowest BCUT2D eigenvalue weighted by atomic mass is 10.2. The second kappa shape index (κ2) is 14.3. The van der Waals surface area contributed by atoms with E-state index >= 15 is 0 Å². The van der Waals surface area contributed by atoms with E-state index in [1.807, 2.05) is 0 Å². The topological polar surface area (TPSA) is 61.8 Å². The Balaban J connectivity index is 2.15. The van der Waals surface area contributed by atoms with Gasteiger partial charge in [0, 0.05) is 0 Å². The van der Waals surface area contributed by atoms with Crippen LogP contribution >= 0.6 is 0 Å². The first-order valence-corrected chi connectivity index (χ1v) is 9.23. The van der Waals surface area contributed by atoms with Crippen molar-refractivity contribution in [1.29, 1.82) is 0 Å². The van der Waals surface area contributed by atoms with Gasteiger partial charge < -0.3 is 14.2 Å². The largest absolute Gasteiger partial charge is 0.494 e. The molecule has 0 aliphatic heterocycles. The van der Waals surface area contributed by atoms with E-state index in [4.69, 9.17) is 9.47 Å². The van der Waals surface area contributed by atoms with Crippen LogP contribution in [0.15, 0.2) is 24.3 Å². The van der Waals surface area contributed by atoms with Crippen LogP contribution in [-0.2, 0) is 14.3 Å². The molecule has 0 bridgehead atoms. The number of carbonyl (C=O) groups excluding carboxylic acids is 2. The lowest BCUT2D eigenvalue weighted by molar-refractivity contribution is -0.128. The molecule has 140 valence electrons. The van der Waals surface area contributed by atoms with Crippen molar-refractivity contribution < 1.29 is 23.8 Å². The Morgan fingerprint density at radius 1 is 0.880 bits per heavy atom. The van der Waals surface area contributed by atoms with E-state index in [1.54, 1.807) is 24.3 Å². The molecule has 0 fully saturated rings. The molecule has 0 spiro atoms. The van der Waals surface area contributed by atoms with Crippen molar-refractivity contribution in [3.8, 4) is 5.75 Å². The Morgan fingerprint density at radius 2 is 1.52 bits per heavy atom. The summed E-state index contributed by atoms with van der Waals surface area (Å²) in [5, 5.41) is 0. The van der Waals surface area contributed by atoms with Crippen LogP contribution in [0.25, 0.3) is 0 Å². The Hall–Kier alpha value is -2.04. The van der Waals surface area contributed by atoms with Gasteiger partial charge in [0.2, 0.25) is 0 Å². The minimum atomic E-state index is -0.324. The van der Waals surface area contributed by atoms with Gasteiger partial charge in [-0.1, -0.05) is 32.6 Å². The third-order valence-corrected chi connectivity index (χ3v) is 3.81. The molecular formula is C20H30O5. The molecule has 0 aromatic heterocycles. The van der Waals surface area contributed by atoms with Crippen LogP contribution in [0.4, 0.5) is 0 Å². The lowest BCUT2D eigenvalue weighted by Crippen LogP contribution is -2.07. The molecular weight excluding hydrogens is 320 g/mol. The number of hydrogen-bond acceptors (Lipinski definition) is 5. The van der Waals surface area contributed by atoms with Crippen LogP contribution in [0.1, 0.15) is 68.6 Å². The average Bonchev–Trinajstić information content (AvgIpc) is 2.64. The highest BCUT2D eigenvalue weighted by molar-refractivity contribution is 5.89. The number of rotatable bonds is 15. The maximum Gasteiger partial charge on any atom is 0.338 e. The molecule has 1 aromatic carbocycles. The summed E-state index contributed by atoms with van der Waals surface area (Å²) in [5.74, 6) is 0.456. The van der Waals surface area contributed by atoms with Crippen LogP contribution < -0.4 is 4.74 Å². The maximum atomic E-state index is 11.9. The molecule has 0 saturated heterocycles. The van der Waals surface area contributed by atoms with Crippen LogP contribution in [0, 0.1) is 0 Å². The molecule has 1 aromatic rings. The predicted octanol–water partition coefficient (Wildman–Crippen LogP) is 4.54. The summed E-state index contributed by atoms with van der Waals surface area (Å²) in [4.78, 5) is 21.9. The van der Waals surface area contributed by atoms with Crippen molar-refractivity contribution in [2.45, 2.75) is 58.3 Å². The summed E-state index contributed by atoms with van der Waals surface area (Å²) < 4.78 is 15.5. The normalized spacial score (nSPS) is 10.3. The molecule has 1 rings (SSSR count). The van der Waals surface area contributed by atoms with E-state index in [2.05, 4.69) is 11.7 Å². The van der Waals surface area contributed by atoms with Gasteiger partial charge in [0.1, 0.15) is 5.75 Å². The second-order valence-electron chi connectivity index (χ2n) is 5.95. The molecule has 0 saturated carbocycles. The number of ether oxygens (including phenoxy) is 3. The van der Waals surface area contributed by atoms with E-state index in [9.17, 15) is 9.59 Å². The van der Waals surface area contributed by atoms with Crippen molar-refractivity contribution in [1.82, 2.24) is 0 Å². The summed E-state index contributed by atoms with van der Waals surface area (Å²) in [7, 11) is 0. The minimum absolute atomic E-state index is 0.324. The van der Waals surface area contributed by atoms with Crippen LogP contribution in [0.5, 0.6) is 5.75 Å². The van der Waals surface area contributed by atoms with Gasteiger partial charge in [-0.05, 0) is 49.9 Å². The molecule has 5 nitrogen and oxygen atoms in total. The minimum Gasteiger partial charge on any atom is -0.494 e. The first-order chi connectivity index (χ1) is 12.3. The number of hydrogen-bond donors (Lipinski definition) is 0. The molecule has 0 aliphatic rings. The summed E-state index contributed by atoms with van der Waals surface area (Å²) in [6.07, 6.45) is 8.42. The smallest absolute Gasteiger partial charge is 0.338 e. The van der Waals surface area contributed by atoms with Gasteiger partial charge in [-0.15, -0.1) is 0 Å². The molecule has 0 aliphatic carbocycles. The number of esters is 1. The highest BCUT2D eigenvalue weighted by atomic mass is 16.5. The number of carbonyl (C=O) groups is 2. The Labute approximate surface area is 150 Å². The first kappa shape index (κ1) is 21.0. The summed E-state index contributed by atoms with van der Waals surface area (Å²) >= 11 is 0. The van der Waals surface area contributed by atoms with Crippen molar-refractivity contribution in [3.63, 3.8) is 0 Å². The molecule has 0 unspecified atom stereocenters. The van der Waals surface area contributed by atoms with Gasteiger partial charge >= 0.3 is 5.97 Å². The van der Waals surface area contributed by atoms with Crippen LogP contribution in [0.2, 0.25) is 0 Å². The standard InChI is InChI=1S/C20H30O5/c1-2-3-4-5-8-15-24-19-12-10-18(11-13-19)20(22)25-16-9-6-7-14-23-17-21/h10-13,17H,2-9,14-16H2,1H3. The molecule has 0 N–H and O–H groups in total.